The standard InChI is InChI=1S/C26H36N6O3/c1-5-23(25-28-29-30-32(25)16-24(33)35-6-2)31(20-10-8-7-9-11-20)15-19-14-21-18(4)12-17(3)13-22(21)27-26(19)34/h12-14,20,23H,5-11,15-16H2,1-4H3,(H,27,34)/t23-/m1/s1. The summed E-state index contributed by atoms with van der Waals surface area (Å²) < 4.78 is 6.66. The summed E-state index contributed by atoms with van der Waals surface area (Å²) in [5.74, 6) is 0.270. The molecule has 0 radical (unpaired) electrons. The zero-order chi connectivity index (χ0) is 24.9. The highest BCUT2D eigenvalue weighted by Gasteiger charge is 2.32. The van der Waals surface area contributed by atoms with Crippen molar-refractivity contribution in [2.45, 2.75) is 91.4 Å². The molecule has 0 unspecified atom stereocenters. The van der Waals surface area contributed by atoms with Gasteiger partial charge in [0.05, 0.1) is 12.6 Å². The molecule has 0 saturated heterocycles. The molecule has 0 aliphatic heterocycles. The van der Waals surface area contributed by atoms with E-state index >= 15 is 0 Å². The second-order valence-electron chi connectivity index (χ2n) is 9.55. The number of carbonyl (C=O) groups is 1. The van der Waals surface area contributed by atoms with Gasteiger partial charge in [-0.25, -0.2) is 4.68 Å². The molecule has 1 aromatic carbocycles. The lowest BCUT2D eigenvalue weighted by molar-refractivity contribution is -0.144. The van der Waals surface area contributed by atoms with E-state index < -0.39 is 0 Å². The van der Waals surface area contributed by atoms with Crippen LogP contribution >= 0.6 is 0 Å². The van der Waals surface area contributed by atoms with Gasteiger partial charge in [0.2, 0.25) is 0 Å². The Morgan fingerprint density at radius 2 is 1.97 bits per heavy atom. The molecule has 0 spiro atoms. The molecule has 188 valence electrons. The first kappa shape index (κ1) is 25.0. The number of H-pyrrole nitrogens is 1. The Hall–Kier alpha value is -3.07. The monoisotopic (exact) mass is 480 g/mol. The summed E-state index contributed by atoms with van der Waals surface area (Å²) in [6.45, 7) is 8.77. The van der Waals surface area contributed by atoms with Crippen LogP contribution in [0.4, 0.5) is 0 Å². The van der Waals surface area contributed by atoms with Crippen molar-refractivity contribution < 1.29 is 9.53 Å². The Morgan fingerprint density at radius 3 is 2.69 bits per heavy atom. The van der Waals surface area contributed by atoms with Crippen LogP contribution < -0.4 is 5.56 Å². The fraction of sp³-hybridized carbons (Fsp3) is 0.577. The van der Waals surface area contributed by atoms with E-state index in [1.54, 1.807) is 11.6 Å². The number of tetrazole rings is 1. The fourth-order valence-corrected chi connectivity index (χ4v) is 5.39. The lowest BCUT2D eigenvalue weighted by atomic mass is 9.92. The van der Waals surface area contributed by atoms with Crippen molar-refractivity contribution in [2.75, 3.05) is 6.61 Å². The topological polar surface area (TPSA) is 106 Å². The fourth-order valence-electron chi connectivity index (χ4n) is 5.39. The van der Waals surface area contributed by atoms with E-state index in [0.717, 1.165) is 59.7 Å². The van der Waals surface area contributed by atoms with Crippen LogP contribution in [0.3, 0.4) is 0 Å². The van der Waals surface area contributed by atoms with Crippen LogP contribution in [0.15, 0.2) is 23.0 Å². The molecule has 1 aliphatic rings. The average Bonchev–Trinajstić information content (AvgIpc) is 3.27. The maximum absolute atomic E-state index is 13.2. The van der Waals surface area contributed by atoms with Gasteiger partial charge in [0.15, 0.2) is 5.82 Å². The molecule has 2 aromatic heterocycles. The quantitative estimate of drug-likeness (QED) is 0.462. The minimum Gasteiger partial charge on any atom is -0.465 e. The highest BCUT2D eigenvalue weighted by molar-refractivity contribution is 5.83. The Morgan fingerprint density at radius 1 is 1.20 bits per heavy atom. The maximum Gasteiger partial charge on any atom is 0.327 e. The van der Waals surface area contributed by atoms with Gasteiger partial charge in [-0.15, -0.1) is 5.10 Å². The highest BCUT2D eigenvalue weighted by Crippen LogP contribution is 2.33. The van der Waals surface area contributed by atoms with E-state index in [2.05, 4.69) is 45.3 Å². The SMILES string of the molecule is CCOC(=O)Cn1nnnc1[C@@H](CC)N(Cc1cc2c(C)cc(C)cc2[nH]c1=O)C1CCCCC1. The van der Waals surface area contributed by atoms with Crippen LogP contribution in [0.1, 0.15) is 80.9 Å². The van der Waals surface area contributed by atoms with Crippen molar-refractivity contribution in [2.24, 2.45) is 0 Å². The van der Waals surface area contributed by atoms with Gasteiger partial charge in [-0.3, -0.25) is 14.5 Å². The summed E-state index contributed by atoms with van der Waals surface area (Å²) in [6, 6.07) is 6.38. The molecule has 0 amide bonds. The number of aromatic nitrogens is 5. The zero-order valence-corrected chi connectivity index (χ0v) is 21.2. The lowest BCUT2D eigenvalue weighted by Gasteiger charge is -2.39. The highest BCUT2D eigenvalue weighted by atomic mass is 16.5. The van der Waals surface area contributed by atoms with E-state index in [1.165, 1.54) is 6.42 Å². The number of pyridine rings is 1. The number of hydrogen-bond donors (Lipinski definition) is 1. The molecule has 1 aliphatic carbocycles. The van der Waals surface area contributed by atoms with Gasteiger partial charge in [-0.1, -0.05) is 32.3 Å². The molecule has 35 heavy (non-hydrogen) atoms. The van der Waals surface area contributed by atoms with Crippen molar-refractivity contribution >= 4 is 16.9 Å². The van der Waals surface area contributed by atoms with Gasteiger partial charge < -0.3 is 9.72 Å². The molecular formula is C26H36N6O3. The molecule has 1 N–H and O–H groups in total. The number of fused-ring (bicyclic) bond motifs is 1. The Bertz CT molecular complexity index is 1230. The van der Waals surface area contributed by atoms with Crippen molar-refractivity contribution in [1.29, 1.82) is 0 Å². The number of benzene rings is 1. The first-order valence-electron chi connectivity index (χ1n) is 12.7. The summed E-state index contributed by atoms with van der Waals surface area (Å²) in [5, 5.41) is 13.3. The first-order valence-corrected chi connectivity index (χ1v) is 12.7. The van der Waals surface area contributed by atoms with Gasteiger partial charge in [-0.05, 0) is 73.7 Å². The molecule has 1 atom stereocenters. The van der Waals surface area contributed by atoms with Crippen LogP contribution in [0, 0.1) is 13.8 Å². The summed E-state index contributed by atoms with van der Waals surface area (Å²) in [6.07, 6.45) is 6.45. The van der Waals surface area contributed by atoms with Crippen LogP contribution in [-0.2, 0) is 22.6 Å². The van der Waals surface area contributed by atoms with Crippen molar-refractivity contribution in [1.82, 2.24) is 30.1 Å². The third-order valence-electron chi connectivity index (χ3n) is 7.02. The molecule has 9 heteroatoms. The molecule has 2 heterocycles. The third kappa shape index (κ3) is 5.61. The van der Waals surface area contributed by atoms with Gasteiger partial charge in [-0.2, -0.15) is 0 Å². The Kier molecular flexibility index (Phi) is 7.95. The molecule has 3 aromatic rings. The van der Waals surface area contributed by atoms with Crippen LogP contribution in [-0.4, -0.2) is 48.7 Å². The molecule has 0 bridgehead atoms. The second-order valence-corrected chi connectivity index (χ2v) is 9.55. The number of nitrogens with zero attached hydrogens (tertiary/aromatic N) is 5. The van der Waals surface area contributed by atoms with Crippen LogP contribution in [0.25, 0.3) is 10.9 Å². The van der Waals surface area contributed by atoms with E-state index in [9.17, 15) is 9.59 Å². The summed E-state index contributed by atoms with van der Waals surface area (Å²) in [5.41, 5.74) is 3.81. The normalized spacial score (nSPS) is 15.6. The number of rotatable bonds is 9. The second kappa shape index (κ2) is 11.1. The van der Waals surface area contributed by atoms with Crippen LogP contribution in [0.5, 0.6) is 0 Å². The number of carbonyl (C=O) groups excluding carboxylic acids is 1. The van der Waals surface area contributed by atoms with Crippen molar-refractivity contribution in [3.05, 3.63) is 51.1 Å². The smallest absolute Gasteiger partial charge is 0.327 e. The number of nitrogens with one attached hydrogen (secondary N) is 1. The van der Waals surface area contributed by atoms with Crippen molar-refractivity contribution in [3.8, 4) is 0 Å². The first-order chi connectivity index (χ1) is 16.9. The van der Waals surface area contributed by atoms with E-state index in [0.29, 0.717) is 25.0 Å². The Balaban J connectivity index is 1.72. The van der Waals surface area contributed by atoms with E-state index in [4.69, 9.17) is 4.74 Å². The number of hydrogen-bond acceptors (Lipinski definition) is 7. The molecule has 1 saturated carbocycles. The van der Waals surface area contributed by atoms with Crippen LogP contribution in [0.2, 0.25) is 0 Å². The number of ether oxygens (including phenoxy) is 1. The van der Waals surface area contributed by atoms with Gasteiger partial charge >= 0.3 is 5.97 Å². The predicted octanol–water partition coefficient (Wildman–Crippen LogP) is 3.98. The van der Waals surface area contributed by atoms with Gasteiger partial charge in [0.25, 0.3) is 5.56 Å². The van der Waals surface area contributed by atoms with Crippen molar-refractivity contribution in [3.63, 3.8) is 0 Å². The molecule has 4 rings (SSSR count). The third-order valence-corrected chi connectivity index (χ3v) is 7.02. The number of aromatic amines is 1. The zero-order valence-electron chi connectivity index (χ0n) is 21.2. The Labute approximate surface area is 205 Å². The summed E-state index contributed by atoms with van der Waals surface area (Å²) in [7, 11) is 0. The van der Waals surface area contributed by atoms with Gasteiger partial charge in [0.1, 0.15) is 6.54 Å². The summed E-state index contributed by atoms with van der Waals surface area (Å²) >= 11 is 0. The predicted molar refractivity (Wildman–Crippen MR) is 134 cm³/mol. The number of aryl methyl sites for hydroxylation is 2. The summed E-state index contributed by atoms with van der Waals surface area (Å²) in [4.78, 5) is 30.8. The minimum absolute atomic E-state index is 0.0275. The molecule has 1 fully saturated rings. The maximum atomic E-state index is 13.2. The number of esters is 1. The van der Waals surface area contributed by atoms with E-state index in [-0.39, 0.29) is 24.1 Å². The largest absolute Gasteiger partial charge is 0.465 e. The molecular weight excluding hydrogens is 444 g/mol. The molecule has 9 nitrogen and oxygen atoms in total. The lowest BCUT2D eigenvalue weighted by Crippen LogP contribution is -2.41. The average molecular weight is 481 g/mol. The van der Waals surface area contributed by atoms with E-state index in [1.807, 2.05) is 19.1 Å². The minimum atomic E-state index is -0.364. The van der Waals surface area contributed by atoms with Gasteiger partial charge in [0, 0.05) is 29.1 Å².